The summed E-state index contributed by atoms with van der Waals surface area (Å²) in [6.45, 7) is 10.5. The number of hydrogen-bond donors (Lipinski definition) is 1. The lowest BCUT2D eigenvalue weighted by molar-refractivity contribution is -0.164. The maximum absolute atomic E-state index is 14.8. The summed E-state index contributed by atoms with van der Waals surface area (Å²) in [4.78, 5) is 61.8. The van der Waals surface area contributed by atoms with Gasteiger partial charge in [-0.1, -0.05) is 102 Å². The Morgan fingerprint density at radius 1 is 1.06 bits per heavy atom. The van der Waals surface area contributed by atoms with Crippen molar-refractivity contribution in [2.45, 2.75) is 93.1 Å². The predicted molar refractivity (Wildman–Crippen MR) is 202 cm³/mol. The number of allylic oxidation sites excluding steroid dienone is 1. The summed E-state index contributed by atoms with van der Waals surface area (Å²) in [6, 6.07) is 17.5. The van der Waals surface area contributed by atoms with Gasteiger partial charge in [-0.05, 0) is 43.7 Å². The monoisotopic (exact) mass is 777 g/mol. The SMILES string of the molecule is C=CCCC(=O)N(C)[C@H](C)[C@H](OC(=O)[C@H]1[C@@H]2O[C@@]3(CC2Br)[C@@H]1C(=O)N(CCCCCCO)[C@@H]3C(=O)N(CC=C)Cc1ccccc1)c1ccccc1. The van der Waals surface area contributed by atoms with Gasteiger partial charge in [0.15, 0.2) is 0 Å². The molecule has 0 saturated carbocycles. The number of amides is 3. The van der Waals surface area contributed by atoms with Gasteiger partial charge < -0.3 is 29.3 Å². The number of ether oxygens (including phenoxy) is 2. The van der Waals surface area contributed by atoms with E-state index in [2.05, 4.69) is 29.1 Å². The van der Waals surface area contributed by atoms with Crippen LogP contribution in [0.4, 0.5) is 0 Å². The molecule has 52 heavy (non-hydrogen) atoms. The van der Waals surface area contributed by atoms with Crippen molar-refractivity contribution in [3.05, 3.63) is 97.1 Å². The minimum atomic E-state index is -1.25. The average Bonchev–Trinajstić information content (AvgIpc) is 3.75. The lowest BCUT2D eigenvalue weighted by Crippen LogP contribution is -2.56. The molecule has 3 aliphatic heterocycles. The minimum Gasteiger partial charge on any atom is -0.455 e. The minimum absolute atomic E-state index is 0.0952. The van der Waals surface area contributed by atoms with Gasteiger partial charge >= 0.3 is 5.97 Å². The van der Waals surface area contributed by atoms with Gasteiger partial charge in [0.1, 0.15) is 17.7 Å². The lowest BCUT2D eigenvalue weighted by atomic mass is 9.70. The first-order valence-corrected chi connectivity index (χ1v) is 19.3. The highest BCUT2D eigenvalue weighted by atomic mass is 79.9. The van der Waals surface area contributed by atoms with E-state index in [-0.39, 0.29) is 42.1 Å². The largest absolute Gasteiger partial charge is 0.455 e. The molecule has 2 bridgehead atoms. The fourth-order valence-corrected chi connectivity index (χ4v) is 9.10. The summed E-state index contributed by atoms with van der Waals surface area (Å²) in [7, 11) is 1.70. The van der Waals surface area contributed by atoms with E-state index in [0.29, 0.717) is 38.8 Å². The topological polar surface area (TPSA) is 117 Å². The molecule has 1 N–H and O–H groups in total. The second-order valence-corrected chi connectivity index (χ2v) is 15.3. The Morgan fingerprint density at radius 3 is 2.38 bits per heavy atom. The molecule has 0 radical (unpaired) electrons. The Bertz CT molecular complexity index is 1570. The van der Waals surface area contributed by atoms with Crippen LogP contribution in [0, 0.1) is 11.8 Å². The van der Waals surface area contributed by atoms with E-state index in [1.54, 1.807) is 33.9 Å². The van der Waals surface area contributed by atoms with E-state index in [1.165, 1.54) is 0 Å². The van der Waals surface area contributed by atoms with E-state index in [9.17, 15) is 24.3 Å². The number of aliphatic hydroxyl groups is 1. The third-order valence-electron chi connectivity index (χ3n) is 10.9. The first kappa shape index (κ1) is 39.4. The first-order chi connectivity index (χ1) is 25.1. The first-order valence-electron chi connectivity index (χ1n) is 18.4. The number of unbranched alkanes of at least 4 members (excludes halogenated alkanes) is 3. The van der Waals surface area contributed by atoms with Gasteiger partial charge in [0.05, 0.1) is 24.0 Å². The number of likely N-dealkylation sites (N-methyl/N-ethyl adjacent to an activating group) is 1. The van der Waals surface area contributed by atoms with E-state index in [1.807, 2.05) is 67.6 Å². The van der Waals surface area contributed by atoms with Crippen LogP contribution in [0.3, 0.4) is 0 Å². The Labute approximate surface area is 315 Å². The maximum Gasteiger partial charge on any atom is 0.313 e. The third kappa shape index (κ3) is 8.06. The molecule has 2 aromatic carbocycles. The van der Waals surface area contributed by atoms with Gasteiger partial charge in [0, 0.05) is 44.5 Å². The number of alkyl halides is 1. The molecule has 280 valence electrons. The third-order valence-corrected chi connectivity index (χ3v) is 11.7. The molecule has 2 aromatic rings. The van der Waals surface area contributed by atoms with Crippen molar-refractivity contribution in [1.82, 2.24) is 14.7 Å². The highest BCUT2D eigenvalue weighted by Gasteiger charge is 2.77. The molecule has 0 aliphatic carbocycles. The zero-order valence-corrected chi connectivity index (χ0v) is 31.9. The van der Waals surface area contributed by atoms with Gasteiger partial charge in [0.2, 0.25) is 17.7 Å². The van der Waals surface area contributed by atoms with Crippen LogP contribution in [0.2, 0.25) is 0 Å². The quantitative estimate of drug-likeness (QED) is 0.0855. The molecule has 3 fully saturated rings. The number of likely N-dealkylation sites (tertiary alicyclic amines) is 1. The number of carbonyl (C=O) groups is 4. The molecule has 5 rings (SSSR count). The number of fused-ring (bicyclic) bond motifs is 1. The Hall–Kier alpha value is -3.80. The highest BCUT2D eigenvalue weighted by Crippen LogP contribution is 2.60. The van der Waals surface area contributed by atoms with E-state index in [4.69, 9.17) is 9.47 Å². The molecule has 0 aromatic heterocycles. The number of rotatable bonds is 19. The number of aliphatic hydroxyl groups excluding tert-OH is 1. The second-order valence-electron chi connectivity index (χ2n) is 14.2. The van der Waals surface area contributed by atoms with Gasteiger partial charge in [-0.2, -0.15) is 0 Å². The molecule has 1 unspecified atom stereocenters. The summed E-state index contributed by atoms with van der Waals surface area (Å²) in [5.74, 6) is -3.13. The lowest BCUT2D eigenvalue weighted by Gasteiger charge is -2.37. The summed E-state index contributed by atoms with van der Waals surface area (Å²) >= 11 is 3.77. The standard InChI is InChI=1S/C41H52BrN3O7/c1-5-7-22-32(47)43(4)28(3)35(30-20-14-11-15-21-30)51-40(50)33-34-38(48)45(24-16-8-9-17-25-46)37(41(34)26-31(42)36(33)52-41)39(49)44(23-6-2)27-29-18-12-10-13-19-29/h5-6,10-15,18-21,28,31,33-37,46H,1-2,7-9,16-17,22-27H2,3-4H3/t28-,31?,33-,34+,35+,36-,37-,41+/m1/s1. The summed E-state index contributed by atoms with van der Waals surface area (Å²) < 4.78 is 13.2. The molecule has 3 amide bonds. The molecule has 10 nitrogen and oxygen atoms in total. The van der Waals surface area contributed by atoms with E-state index < -0.39 is 47.7 Å². The Balaban J connectivity index is 1.48. The molecule has 11 heteroatoms. The second kappa shape index (κ2) is 17.8. The smallest absolute Gasteiger partial charge is 0.313 e. The van der Waals surface area contributed by atoms with Crippen LogP contribution in [0.15, 0.2) is 86.0 Å². The highest BCUT2D eigenvalue weighted by molar-refractivity contribution is 9.09. The van der Waals surface area contributed by atoms with E-state index >= 15 is 0 Å². The molecule has 3 aliphatic rings. The number of carbonyl (C=O) groups excluding carboxylic acids is 4. The number of halogens is 1. The zero-order chi connectivity index (χ0) is 37.4. The van der Waals surface area contributed by atoms with Crippen molar-refractivity contribution in [2.75, 3.05) is 26.7 Å². The van der Waals surface area contributed by atoms with Gasteiger partial charge in [-0.15, -0.1) is 13.2 Å². The van der Waals surface area contributed by atoms with Crippen molar-refractivity contribution in [3.63, 3.8) is 0 Å². The van der Waals surface area contributed by atoms with Crippen molar-refractivity contribution in [3.8, 4) is 0 Å². The Morgan fingerprint density at radius 2 is 1.73 bits per heavy atom. The summed E-state index contributed by atoms with van der Waals surface area (Å²) in [6.07, 6.45) is 5.90. The molecule has 8 atom stereocenters. The van der Waals surface area contributed by atoms with Crippen LogP contribution in [0.1, 0.15) is 69.1 Å². The van der Waals surface area contributed by atoms with Crippen molar-refractivity contribution in [1.29, 1.82) is 0 Å². The fourth-order valence-electron chi connectivity index (χ4n) is 8.15. The van der Waals surface area contributed by atoms with Crippen LogP contribution in [0.25, 0.3) is 0 Å². The van der Waals surface area contributed by atoms with Crippen molar-refractivity contribution < 1.29 is 33.8 Å². The molecule has 3 saturated heterocycles. The van der Waals surface area contributed by atoms with Crippen molar-refractivity contribution in [2.24, 2.45) is 11.8 Å². The van der Waals surface area contributed by atoms with Gasteiger partial charge in [-0.3, -0.25) is 19.2 Å². The van der Waals surface area contributed by atoms with Crippen LogP contribution < -0.4 is 0 Å². The van der Waals surface area contributed by atoms with E-state index in [0.717, 1.165) is 24.0 Å². The molecular weight excluding hydrogens is 726 g/mol. The van der Waals surface area contributed by atoms with Gasteiger partial charge in [-0.25, -0.2) is 0 Å². The Kier molecular flexibility index (Phi) is 13.5. The van der Waals surface area contributed by atoms with Crippen molar-refractivity contribution >= 4 is 39.6 Å². The molecular formula is C41H52BrN3O7. The number of esters is 1. The van der Waals surface area contributed by atoms with Crippen LogP contribution in [-0.4, -0.2) is 98.9 Å². The van der Waals surface area contributed by atoms with Gasteiger partial charge in [0.25, 0.3) is 0 Å². The zero-order valence-electron chi connectivity index (χ0n) is 30.3. The number of benzene rings is 2. The average molecular weight is 779 g/mol. The predicted octanol–water partition coefficient (Wildman–Crippen LogP) is 5.60. The normalized spacial score (nSPS) is 25.7. The van der Waals surface area contributed by atoms with Crippen LogP contribution in [-0.2, 0) is 35.2 Å². The molecule has 1 spiro atoms. The maximum atomic E-state index is 14.8. The fraction of sp³-hybridized carbons (Fsp3) is 0.512. The number of nitrogens with zero attached hydrogens (tertiary/aromatic N) is 3. The molecule has 3 heterocycles. The number of hydrogen-bond acceptors (Lipinski definition) is 7. The summed E-state index contributed by atoms with van der Waals surface area (Å²) in [5.41, 5.74) is 0.415. The van der Waals surface area contributed by atoms with Crippen LogP contribution >= 0.6 is 15.9 Å². The van der Waals surface area contributed by atoms with Crippen LogP contribution in [0.5, 0.6) is 0 Å². The summed E-state index contributed by atoms with van der Waals surface area (Å²) in [5, 5.41) is 9.30.